The van der Waals surface area contributed by atoms with Crippen molar-refractivity contribution in [1.29, 1.82) is 0 Å². The van der Waals surface area contributed by atoms with E-state index in [4.69, 9.17) is 5.73 Å². The van der Waals surface area contributed by atoms with Crippen molar-refractivity contribution >= 4 is 22.0 Å². The summed E-state index contributed by atoms with van der Waals surface area (Å²) in [5.41, 5.74) is 4.02. The Morgan fingerprint density at radius 3 is 2.42 bits per heavy atom. The lowest BCUT2D eigenvalue weighted by Gasteiger charge is -2.20. The number of nitrogens with one attached hydrogen (secondary N) is 1. The minimum Gasteiger partial charge on any atom is -0.468 e. The van der Waals surface area contributed by atoms with Crippen LogP contribution in [0.5, 0.6) is 0 Å². The number of hydrogen-bond donors (Lipinski definition) is 2. The van der Waals surface area contributed by atoms with Crippen molar-refractivity contribution in [2.45, 2.75) is 25.8 Å². The molecule has 0 saturated carbocycles. The fourth-order valence-corrected chi connectivity index (χ4v) is 2.12. The summed E-state index contributed by atoms with van der Waals surface area (Å²) in [6.07, 6.45) is 0.210. The van der Waals surface area contributed by atoms with E-state index in [-0.39, 0.29) is 24.6 Å². The SMILES string of the molecule is COC(=O)C(C)(N)COS(=O)(=O)CCCNC(C)=O. The molecule has 1 unspecified atom stereocenters. The van der Waals surface area contributed by atoms with E-state index in [0.717, 1.165) is 7.11 Å². The van der Waals surface area contributed by atoms with Crippen molar-refractivity contribution in [2.75, 3.05) is 26.0 Å². The lowest BCUT2D eigenvalue weighted by Crippen LogP contribution is -2.50. The van der Waals surface area contributed by atoms with Gasteiger partial charge in [-0.15, -0.1) is 0 Å². The van der Waals surface area contributed by atoms with Crippen LogP contribution < -0.4 is 11.1 Å². The van der Waals surface area contributed by atoms with Gasteiger partial charge in [0.05, 0.1) is 19.5 Å². The lowest BCUT2D eigenvalue weighted by atomic mass is 10.1. The second-order valence-electron chi connectivity index (χ2n) is 4.27. The molecule has 0 bridgehead atoms. The van der Waals surface area contributed by atoms with Crippen LogP contribution in [-0.2, 0) is 28.6 Å². The van der Waals surface area contributed by atoms with E-state index in [0.29, 0.717) is 0 Å². The first-order valence-electron chi connectivity index (χ1n) is 5.59. The molecule has 3 N–H and O–H groups in total. The minimum atomic E-state index is -3.79. The Kier molecular flexibility index (Phi) is 6.95. The highest BCUT2D eigenvalue weighted by Crippen LogP contribution is 2.06. The van der Waals surface area contributed by atoms with Gasteiger partial charge in [-0.25, -0.2) is 4.79 Å². The van der Waals surface area contributed by atoms with E-state index in [1.165, 1.54) is 13.8 Å². The molecule has 1 amide bonds. The Balaban J connectivity index is 4.17. The molecule has 0 aromatic heterocycles. The average molecular weight is 296 g/mol. The molecule has 112 valence electrons. The molecule has 0 aliphatic rings. The van der Waals surface area contributed by atoms with Gasteiger partial charge in [-0.3, -0.25) is 8.98 Å². The Morgan fingerprint density at radius 2 is 1.95 bits per heavy atom. The van der Waals surface area contributed by atoms with E-state index in [1.807, 2.05) is 0 Å². The van der Waals surface area contributed by atoms with Gasteiger partial charge in [0.1, 0.15) is 5.54 Å². The predicted molar refractivity (Wildman–Crippen MR) is 67.6 cm³/mol. The molecule has 0 heterocycles. The number of rotatable bonds is 8. The van der Waals surface area contributed by atoms with Crippen molar-refractivity contribution in [3.05, 3.63) is 0 Å². The summed E-state index contributed by atoms with van der Waals surface area (Å²) in [6.45, 7) is 2.38. The molecule has 0 aromatic rings. The summed E-state index contributed by atoms with van der Waals surface area (Å²) in [7, 11) is -2.65. The van der Waals surface area contributed by atoms with E-state index in [2.05, 4.69) is 14.2 Å². The summed E-state index contributed by atoms with van der Waals surface area (Å²) < 4.78 is 32.1. The number of esters is 1. The van der Waals surface area contributed by atoms with Crippen molar-refractivity contribution < 1.29 is 26.9 Å². The normalized spacial score (nSPS) is 14.5. The van der Waals surface area contributed by atoms with Gasteiger partial charge in [0.2, 0.25) is 5.91 Å². The molecule has 0 aliphatic carbocycles. The molecule has 0 rings (SSSR count). The van der Waals surface area contributed by atoms with Gasteiger partial charge in [-0.1, -0.05) is 0 Å². The maximum absolute atomic E-state index is 11.5. The highest BCUT2D eigenvalue weighted by atomic mass is 32.2. The van der Waals surface area contributed by atoms with Gasteiger partial charge in [-0.2, -0.15) is 8.42 Å². The number of methoxy groups -OCH3 is 1. The van der Waals surface area contributed by atoms with Crippen molar-refractivity contribution in [3.8, 4) is 0 Å². The quantitative estimate of drug-likeness (QED) is 0.325. The largest absolute Gasteiger partial charge is 0.468 e. The van der Waals surface area contributed by atoms with Crippen LogP contribution in [0.4, 0.5) is 0 Å². The number of nitrogens with two attached hydrogens (primary N) is 1. The third-order valence-electron chi connectivity index (χ3n) is 2.14. The number of carbonyl (C=O) groups is 2. The third-order valence-corrected chi connectivity index (χ3v) is 3.40. The van der Waals surface area contributed by atoms with Gasteiger partial charge in [0, 0.05) is 13.5 Å². The maximum atomic E-state index is 11.5. The Labute approximate surface area is 112 Å². The van der Waals surface area contributed by atoms with Crippen LogP contribution in [0.3, 0.4) is 0 Å². The zero-order valence-electron chi connectivity index (χ0n) is 11.3. The molecule has 19 heavy (non-hydrogen) atoms. The summed E-state index contributed by atoms with van der Waals surface area (Å²) in [4.78, 5) is 21.8. The third kappa shape index (κ3) is 7.75. The van der Waals surface area contributed by atoms with E-state index in [9.17, 15) is 18.0 Å². The zero-order valence-corrected chi connectivity index (χ0v) is 12.1. The molecular formula is C10H20N2O6S. The smallest absolute Gasteiger partial charge is 0.328 e. The topological polar surface area (TPSA) is 125 Å². The summed E-state index contributed by atoms with van der Waals surface area (Å²) in [6, 6.07) is 0. The molecule has 8 nitrogen and oxygen atoms in total. The molecule has 0 fully saturated rings. The minimum absolute atomic E-state index is 0.210. The Hall–Kier alpha value is -1.19. The predicted octanol–water partition coefficient (Wildman–Crippen LogP) is -1.25. The number of amides is 1. The highest BCUT2D eigenvalue weighted by Gasteiger charge is 2.32. The maximum Gasteiger partial charge on any atom is 0.328 e. The van der Waals surface area contributed by atoms with Crippen molar-refractivity contribution in [3.63, 3.8) is 0 Å². The first kappa shape index (κ1) is 17.8. The Morgan fingerprint density at radius 1 is 1.37 bits per heavy atom. The van der Waals surface area contributed by atoms with Crippen LogP contribution in [0.25, 0.3) is 0 Å². The average Bonchev–Trinajstić information content (AvgIpc) is 2.31. The molecule has 1 atom stereocenters. The van der Waals surface area contributed by atoms with Crippen molar-refractivity contribution in [2.24, 2.45) is 5.73 Å². The molecular weight excluding hydrogens is 276 g/mol. The van der Waals surface area contributed by atoms with Crippen LogP contribution >= 0.6 is 0 Å². The van der Waals surface area contributed by atoms with Gasteiger partial charge in [-0.05, 0) is 13.3 Å². The number of hydrogen-bond acceptors (Lipinski definition) is 7. The molecule has 0 aliphatic heterocycles. The Bertz CT molecular complexity index is 418. The number of carbonyl (C=O) groups excluding carboxylic acids is 2. The van der Waals surface area contributed by atoms with Gasteiger partial charge < -0.3 is 15.8 Å². The van der Waals surface area contributed by atoms with Crippen LogP contribution in [0.2, 0.25) is 0 Å². The van der Waals surface area contributed by atoms with E-state index in [1.54, 1.807) is 0 Å². The van der Waals surface area contributed by atoms with Crippen LogP contribution in [0.15, 0.2) is 0 Å². The van der Waals surface area contributed by atoms with Crippen LogP contribution in [0, 0.1) is 0 Å². The van der Waals surface area contributed by atoms with Crippen LogP contribution in [0.1, 0.15) is 20.3 Å². The molecule has 0 spiro atoms. The number of ether oxygens (including phenoxy) is 1. The fourth-order valence-electron chi connectivity index (χ4n) is 1.08. The fraction of sp³-hybridized carbons (Fsp3) is 0.800. The zero-order chi connectivity index (χ0) is 15.1. The second-order valence-corrected chi connectivity index (χ2v) is 6.03. The van der Waals surface area contributed by atoms with Gasteiger partial charge in [0.25, 0.3) is 10.1 Å². The summed E-state index contributed by atoms with van der Waals surface area (Å²) in [5, 5.41) is 2.46. The molecule has 9 heteroatoms. The van der Waals surface area contributed by atoms with E-state index >= 15 is 0 Å². The molecule has 0 aromatic carbocycles. The lowest BCUT2D eigenvalue weighted by molar-refractivity contribution is -0.147. The summed E-state index contributed by atoms with van der Waals surface area (Å²) >= 11 is 0. The van der Waals surface area contributed by atoms with E-state index < -0.39 is 28.2 Å². The highest BCUT2D eigenvalue weighted by molar-refractivity contribution is 7.86. The standard InChI is InChI=1S/C10H20N2O6S/c1-8(13)12-5-4-6-19(15,16)18-7-10(2,11)9(14)17-3/h4-7,11H2,1-3H3,(H,12,13). The summed E-state index contributed by atoms with van der Waals surface area (Å²) in [5.74, 6) is -1.27. The van der Waals surface area contributed by atoms with Crippen LogP contribution in [-0.4, -0.2) is 51.8 Å². The first-order chi connectivity index (χ1) is 8.60. The second kappa shape index (κ2) is 7.41. The molecule has 0 radical (unpaired) electrons. The first-order valence-corrected chi connectivity index (χ1v) is 7.17. The van der Waals surface area contributed by atoms with Gasteiger partial charge in [0.15, 0.2) is 0 Å². The van der Waals surface area contributed by atoms with Gasteiger partial charge >= 0.3 is 5.97 Å². The van der Waals surface area contributed by atoms with Crippen molar-refractivity contribution in [1.82, 2.24) is 5.32 Å². The monoisotopic (exact) mass is 296 g/mol. The molecule has 0 saturated heterocycles.